The maximum atomic E-state index is 12.4. The molecule has 0 bridgehead atoms. The van der Waals surface area contributed by atoms with Crippen molar-refractivity contribution in [3.63, 3.8) is 0 Å². The molecule has 22 heavy (non-hydrogen) atoms. The number of benzene rings is 1. The van der Waals surface area contributed by atoms with Crippen LogP contribution < -0.4 is 5.73 Å². The monoisotopic (exact) mass is 322 g/mol. The number of primary amides is 1. The molecule has 2 rings (SSSR count). The first-order valence-electron chi connectivity index (χ1n) is 7.34. The average Bonchev–Trinajstić information content (AvgIpc) is 2.54. The SMILES string of the molecule is CC(CC(=O)N1CCOCC1)(SCc1ccccc1)C(N)=O. The lowest BCUT2D eigenvalue weighted by Crippen LogP contribution is -2.47. The predicted octanol–water partition coefficient (Wildman–Crippen LogP) is 1.41. The molecule has 0 saturated carbocycles. The molecule has 0 aliphatic carbocycles. The second-order valence-corrected chi connectivity index (χ2v) is 7.02. The topological polar surface area (TPSA) is 72.6 Å². The van der Waals surface area contributed by atoms with Crippen molar-refractivity contribution < 1.29 is 14.3 Å². The van der Waals surface area contributed by atoms with Gasteiger partial charge in [-0.05, 0) is 12.5 Å². The Bertz CT molecular complexity index is 517. The molecule has 1 unspecified atom stereocenters. The van der Waals surface area contributed by atoms with Crippen LogP contribution in [-0.4, -0.2) is 47.8 Å². The van der Waals surface area contributed by atoms with Gasteiger partial charge in [-0.2, -0.15) is 0 Å². The van der Waals surface area contributed by atoms with Crippen molar-refractivity contribution in [1.82, 2.24) is 4.90 Å². The Hall–Kier alpha value is -1.53. The summed E-state index contributed by atoms with van der Waals surface area (Å²) in [7, 11) is 0. The van der Waals surface area contributed by atoms with Crippen molar-refractivity contribution in [1.29, 1.82) is 0 Å². The van der Waals surface area contributed by atoms with Crippen LogP contribution in [0, 0.1) is 0 Å². The second-order valence-electron chi connectivity index (χ2n) is 5.54. The van der Waals surface area contributed by atoms with Gasteiger partial charge < -0.3 is 15.4 Å². The third-order valence-electron chi connectivity index (χ3n) is 3.77. The molecule has 0 spiro atoms. The van der Waals surface area contributed by atoms with Crippen LogP contribution >= 0.6 is 11.8 Å². The fourth-order valence-electron chi connectivity index (χ4n) is 2.24. The van der Waals surface area contributed by atoms with E-state index in [0.29, 0.717) is 32.1 Å². The zero-order chi connectivity index (χ0) is 16.0. The number of amides is 2. The van der Waals surface area contributed by atoms with E-state index in [1.54, 1.807) is 11.8 Å². The summed E-state index contributed by atoms with van der Waals surface area (Å²) in [6.07, 6.45) is 0.125. The Labute approximate surface area is 135 Å². The number of thioether (sulfide) groups is 1. The van der Waals surface area contributed by atoms with E-state index in [-0.39, 0.29) is 12.3 Å². The molecule has 1 aromatic carbocycles. The smallest absolute Gasteiger partial charge is 0.233 e. The van der Waals surface area contributed by atoms with Crippen LogP contribution in [0.5, 0.6) is 0 Å². The van der Waals surface area contributed by atoms with E-state index in [4.69, 9.17) is 10.5 Å². The Morgan fingerprint density at radius 2 is 1.91 bits per heavy atom. The second kappa shape index (κ2) is 7.65. The highest BCUT2D eigenvalue weighted by molar-refractivity contribution is 8.00. The number of carbonyl (C=O) groups is 2. The van der Waals surface area contributed by atoms with E-state index in [9.17, 15) is 9.59 Å². The van der Waals surface area contributed by atoms with Crippen LogP contribution in [0.3, 0.4) is 0 Å². The largest absolute Gasteiger partial charge is 0.378 e. The first-order chi connectivity index (χ1) is 10.5. The van der Waals surface area contributed by atoms with Crippen molar-refractivity contribution >= 4 is 23.6 Å². The number of carbonyl (C=O) groups excluding carboxylic acids is 2. The van der Waals surface area contributed by atoms with Crippen LogP contribution in [0.25, 0.3) is 0 Å². The quantitative estimate of drug-likeness (QED) is 0.859. The molecule has 1 atom stereocenters. The summed E-state index contributed by atoms with van der Waals surface area (Å²) in [6.45, 7) is 4.02. The molecule has 6 heteroatoms. The van der Waals surface area contributed by atoms with Crippen LogP contribution in [0.1, 0.15) is 18.9 Å². The van der Waals surface area contributed by atoms with Gasteiger partial charge in [0.2, 0.25) is 11.8 Å². The molecule has 120 valence electrons. The molecule has 0 radical (unpaired) electrons. The fourth-order valence-corrected chi connectivity index (χ4v) is 3.28. The van der Waals surface area contributed by atoms with Gasteiger partial charge in [0.05, 0.1) is 19.6 Å². The molecular formula is C16H22N2O3S. The maximum absolute atomic E-state index is 12.4. The summed E-state index contributed by atoms with van der Waals surface area (Å²) in [6, 6.07) is 9.85. The molecule has 0 aromatic heterocycles. The molecule has 1 aliphatic rings. The number of morpholine rings is 1. The average molecular weight is 322 g/mol. The van der Waals surface area contributed by atoms with E-state index in [1.807, 2.05) is 30.3 Å². The molecule has 1 saturated heterocycles. The molecule has 1 fully saturated rings. The minimum atomic E-state index is -0.898. The lowest BCUT2D eigenvalue weighted by Gasteiger charge is -2.31. The Morgan fingerprint density at radius 1 is 1.27 bits per heavy atom. The third kappa shape index (κ3) is 4.48. The third-order valence-corrected chi connectivity index (χ3v) is 5.23. The van der Waals surface area contributed by atoms with E-state index < -0.39 is 10.7 Å². The number of ether oxygens (including phenoxy) is 1. The van der Waals surface area contributed by atoms with Gasteiger partial charge in [-0.25, -0.2) is 0 Å². The summed E-state index contributed by atoms with van der Waals surface area (Å²) >= 11 is 1.42. The Morgan fingerprint density at radius 3 is 2.50 bits per heavy atom. The normalized spacial score (nSPS) is 17.8. The first-order valence-corrected chi connectivity index (χ1v) is 8.33. The lowest BCUT2D eigenvalue weighted by molar-refractivity contribution is -0.137. The highest BCUT2D eigenvalue weighted by Crippen LogP contribution is 2.32. The summed E-state index contributed by atoms with van der Waals surface area (Å²) in [5.74, 6) is 0.164. The first kappa shape index (κ1) is 16.8. The van der Waals surface area contributed by atoms with Crippen molar-refractivity contribution in [3.05, 3.63) is 35.9 Å². The lowest BCUT2D eigenvalue weighted by atomic mass is 10.1. The van der Waals surface area contributed by atoms with Crippen LogP contribution in [0.4, 0.5) is 0 Å². The highest BCUT2D eigenvalue weighted by atomic mass is 32.2. The summed E-state index contributed by atoms with van der Waals surface area (Å²) in [5.41, 5.74) is 6.67. The summed E-state index contributed by atoms with van der Waals surface area (Å²) in [4.78, 5) is 26.0. The summed E-state index contributed by atoms with van der Waals surface area (Å²) < 4.78 is 4.34. The van der Waals surface area contributed by atoms with Crippen LogP contribution in [0.15, 0.2) is 30.3 Å². The zero-order valence-corrected chi connectivity index (χ0v) is 13.6. The van der Waals surface area contributed by atoms with Crippen molar-refractivity contribution in [2.24, 2.45) is 5.73 Å². The predicted molar refractivity (Wildman–Crippen MR) is 87.4 cm³/mol. The minimum absolute atomic E-state index is 0.0369. The maximum Gasteiger partial charge on any atom is 0.233 e. The standard InChI is InChI=1S/C16H22N2O3S/c1-16(15(17)20,22-12-13-5-3-2-4-6-13)11-14(19)18-7-9-21-10-8-18/h2-6H,7-12H2,1H3,(H2,17,20). The number of hydrogen-bond donors (Lipinski definition) is 1. The summed E-state index contributed by atoms with van der Waals surface area (Å²) in [5, 5.41) is 0. The zero-order valence-electron chi connectivity index (χ0n) is 12.8. The number of nitrogens with zero attached hydrogens (tertiary/aromatic N) is 1. The van der Waals surface area contributed by atoms with E-state index in [2.05, 4.69) is 0 Å². The van der Waals surface area contributed by atoms with Crippen LogP contribution in [0.2, 0.25) is 0 Å². The van der Waals surface area contributed by atoms with E-state index >= 15 is 0 Å². The fraction of sp³-hybridized carbons (Fsp3) is 0.500. The number of nitrogens with two attached hydrogens (primary N) is 1. The molecular weight excluding hydrogens is 300 g/mol. The van der Waals surface area contributed by atoms with Crippen molar-refractivity contribution in [2.45, 2.75) is 23.8 Å². The van der Waals surface area contributed by atoms with Crippen LogP contribution in [-0.2, 0) is 20.1 Å². The molecule has 1 heterocycles. The van der Waals surface area contributed by atoms with Gasteiger partial charge in [0.15, 0.2) is 0 Å². The number of hydrogen-bond acceptors (Lipinski definition) is 4. The molecule has 5 nitrogen and oxygen atoms in total. The Balaban J connectivity index is 1.97. The molecule has 1 aromatic rings. The van der Waals surface area contributed by atoms with Crippen molar-refractivity contribution in [3.8, 4) is 0 Å². The van der Waals surface area contributed by atoms with Gasteiger partial charge in [-0.1, -0.05) is 30.3 Å². The number of rotatable bonds is 6. The van der Waals surface area contributed by atoms with Gasteiger partial charge in [0.1, 0.15) is 4.75 Å². The molecule has 2 N–H and O–H groups in total. The van der Waals surface area contributed by atoms with Crippen molar-refractivity contribution in [2.75, 3.05) is 26.3 Å². The Kier molecular flexibility index (Phi) is 5.85. The van der Waals surface area contributed by atoms with Gasteiger partial charge in [0.25, 0.3) is 0 Å². The molecule has 2 amide bonds. The molecule has 1 aliphatic heterocycles. The van der Waals surface area contributed by atoms with Gasteiger partial charge in [-0.15, -0.1) is 11.8 Å². The van der Waals surface area contributed by atoms with Gasteiger partial charge in [0, 0.05) is 18.8 Å². The van der Waals surface area contributed by atoms with E-state index in [1.165, 1.54) is 11.8 Å². The van der Waals surface area contributed by atoms with Gasteiger partial charge >= 0.3 is 0 Å². The van der Waals surface area contributed by atoms with Gasteiger partial charge in [-0.3, -0.25) is 9.59 Å². The minimum Gasteiger partial charge on any atom is -0.378 e. The highest BCUT2D eigenvalue weighted by Gasteiger charge is 2.36. The van der Waals surface area contributed by atoms with E-state index in [0.717, 1.165) is 5.56 Å².